The molecule has 1 aromatic heterocycles. The zero-order valence-electron chi connectivity index (χ0n) is 20.3. The molecule has 1 aliphatic heterocycles. The fourth-order valence-electron chi connectivity index (χ4n) is 4.25. The maximum atomic E-state index is 13.8. The number of fused-ring (bicyclic) bond motifs is 1. The smallest absolute Gasteiger partial charge is 0.340 e. The third-order valence-corrected chi connectivity index (χ3v) is 9.30. The van der Waals surface area contributed by atoms with Crippen LogP contribution in [-0.4, -0.2) is 50.5 Å². The molecule has 190 valence electrons. The van der Waals surface area contributed by atoms with Gasteiger partial charge in [0.2, 0.25) is 5.88 Å². The number of rotatable bonds is 6. The van der Waals surface area contributed by atoms with Gasteiger partial charge in [0.25, 0.3) is 0 Å². The van der Waals surface area contributed by atoms with E-state index in [1.54, 1.807) is 31.2 Å². The molecule has 2 aromatic carbocycles. The molecular formula is C24H25N3O7S2. The molecule has 1 unspecified atom stereocenters. The predicted octanol–water partition coefficient (Wildman–Crippen LogP) is 2.89. The zero-order chi connectivity index (χ0) is 26.4. The second-order valence-electron chi connectivity index (χ2n) is 8.51. The Morgan fingerprint density at radius 1 is 1.11 bits per heavy atom. The average molecular weight is 532 g/mol. The summed E-state index contributed by atoms with van der Waals surface area (Å²) >= 11 is 0. The van der Waals surface area contributed by atoms with Crippen LogP contribution in [0.15, 0.2) is 57.4 Å². The first-order valence-corrected chi connectivity index (χ1v) is 13.9. The summed E-state index contributed by atoms with van der Waals surface area (Å²) in [4.78, 5) is 18.6. The maximum absolute atomic E-state index is 13.8. The first kappa shape index (κ1) is 25.6. The minimum absolute atomic E-state index is 0.0424. The van der Waals surface area contributed by atoms with Crippen molar-refractivity contribution in [3.05, 3.63) is 70.4 Å². The molecule has 10 nitrogen and oxygen atoms in total. The predicted molar refractivity (Wildman–Crippen MR) is 132 cm³/mol. The number of hydrogen-bond acceptors (Lipinski definition) is 9. The van der Waals surface area contributed by atoms with Crippen LogP contribution in [0.5, 0.6) is 5.88 Å². The second kappa shape index (κ2) is 9.17. The van der Waals surface area contributed by atoms with E-state index in [2.05, 4.69) is 10.3 Å². The third-order valence-electron chi connectivity index (χ3n) is 5.99. The van der Waals surface area contributed by atoms with Crippen molar-refractivity contribution in [1.29, 1.82) is 0 Å². The normalized spacial score (nSPS) is 18.0. The van der Waals surface area contributed by atoms with E-state index in [9.17, 15) is 21.6 Å². The molecule has 0 N–H and O–H groups in total. The van der Waals surface area contributed by atoms with Gasteiger partial charge in [-0.05, 0) is 44.5 Å². The number of benzene rings is 2. The van der Waals surface area contributed by atoms with E-state index in [1.165, 1.54) is 39.3 Å². The summed E-state index contributed by atoms with van der Waals surface area (Å²) in [6.45, 7) is 5.04. The lowest BCUT2D eigenvalue weighted by molar-refractivity contribution is 0.0985. The number of hydrogen-bond donors (Lipinski definition) is 0. The van der Waals surface area contributed by atoms with Crippen molar-refractivity contribution in [2.24, 2.45) is 12.2 Å². The first-order valence-electron chi connectivity index (χ1n) is 10.9. The Kier molecular flexibility index (Phi) is 6.52. The number of sulfone groups is 1. The highest BCUT2D eigenvalue weighted by molar-refractivity contribution is 7.93. The van der Waals surface area contributed by atoms with Crippen LogP contribution < -0.4 is 4.18 Å². The number of Topliss-reactive ketones (excluding diaryl/α,β-unsaturated/α-hetero) is 1. The Labute approximate surface area is 209 Å². The molecule has 0 spiro atoms. The monoisotopic (exact) mass is 531 g/mol. The van der Waals surface area contributed by atoms with Crippen molar-refractivity contribution in [3.63, 3.8) is 0 Å². The molecule has 12 heteroatoms. The highest BCUT2D eigenvalue weighted by Gasteiger charge is 2.45. The lowest BCUT2D eigenvalue weighted by Crippen LogP contribution is -2.38. The Balaban J connectivity index is 1.82. The van der Waals surface area contributed by atoms with Crippen LogP contribution in [0.25, 0.3) is 0 Å². The van der Waals surface area contributed by atoms with Crippen LogP contribution in [0.4, 0.5) is 0 Å². The van der Waals surface area contributed by atoms with Gasteiger partial charge in [-0.1, -0.05) is 35.0 Å². The van der Waals surface area contributed by atoms with Gasteiger partial charge in [-0.3, -0.25) is 4.79 Å². The van der Waals surface area contributed by atoms with E-state index < -0.39 is 31.0 Å². The van der Waals surface area contributed by atoms with Crippen molar-refractivity contribution < 1.29 is 30.7 Å². The van der Waals surface area contributed by atoms with Crippen LogP contribution in [0, 0.1) is 20.8 Å². The summed E-state index contributed by atoms with van der Waals surface area (Å²) < 4.78 is 59.6. The molecule has 0 aliphatic carbocycles. The molecule has 0 fully saturated rings. The summed E-state index contributed by atoms with van der Waals surface area (Å²) in [5.41, 5.74) is 2.12. The fraction of sp³-hybridized carbons (Fsp3) is 0.292. The highest BCUT2D eigenvalue weighted by Crippen LogP contribution is 2.36. The van der Waals surface area contributed by atoms with E-state index in [0.29, 0.717) is 16.8 Å². The summed E-state index contributed by atoms with van der Waals surface area (Å²) in [6.07, 6.45) is -0.259. The summed E-state index contributed by atoms with van der Waals surface area (Å²) in [6, 6.07) is 10.7. The van der Waals surface area contributed by atoms with Gasteiger partial charge in [0.05, 0.1) is 16.3 Å². The Bertz CT molecular complexity index is 1600. The molecule has 0 amide bonds. The molecule has 1 aliphatic rings. The zero-order valence-corrected chi connectivity index (χ0v) is 22.0. The van der Waals surface area contributed by atoms with Crippen LogP contribution in [-0.2, 0) is 31.8 Å². The minimum atomic E-state index is -4.33. The average Bonchev–Trinajstić information content (AvgIpc) is 3.07. The molecule has 2 heterocycles. The van der Waals surface area contributed by atoms with Gasteiger partial charge in [0, 0.05) is 19.0 Å². The molecule has 0 radical (unpaired) electrons. The first-order chi connectivity index (χ1) is 16.9. The summed E-state index contributed by atoms with van der Waals surface area (Å²) in [5, 5.41) is 6.55. The highest BCUT2D eigenvalue weighted by atomic mass is 32.2. The molecule has 4 rings (SSSR count). The Morgan fingerprint density at radius 2 is 1.78 bits per heavy atom. The SMILES string of the molecule is CON=C1CC(C(=O)c2c(C)nn(C)c2OS(=O)(=O)c2ccc(C)cc2)S(=O)(=O)c2cccc(C)c21. The summed E-state index contributed by atoms with van der Waals surface area (Å²) in [7, 11) is -5.75. The van der Waals surface area contributed by atoms with Crippen LogP contribution in [0.1, 0.15) is 39.2 Å². The third kappa shape index (κ3) is 4.30. The number of ketones is 1. The quantitative estimate of drug-likeness (QED) is 0.269. The van der Waals surface area contributed by atoms with Gasteiger partial charge < -0.3 is 9.02 Å². The van der Waals surface area contributed by atoms with Gasteiger partial charge in [0.15, 0.2) is 15.6 Å². The van der Waals surface area contributed by atoms with Crippen LogP contribution >= 0.6 is 0 Å². The molecule has 0 bridgehead atoms. The standard InChI is InChI=1S/C24H25N3O7S2/c1-14-9-11-17(12-10-14)36(31,32)34-24-22(16(3)25-27(24)4)23(28)20-13-18(26-33-5)21-15(2)7-6-8-19(21)35(20,29)30/h6-12,20H,13H2,1-5H3. The molecule has 3 aromatic rings. The number of carbonyl (C=O) groups excluding carboxylic acids is 1. The molecule has 0 saturated heterocycles. The van der Waals surface area contributed by atoms with Crippen LogP contribution in [0.2, 0.25) is 0 Å². The number of nitrogens with zero attached hydrogens (tertiary/aromatic N) is 3. The number of carbonyl (C=O) groups is 1. The van der Waals surface area contributed by atoms with E-state index in [4.69, 9.17) is 9.02 Å². The molecular weight excluding hydrogens is 506 g/mol. The number of oxime groups is 1. The molecule has 0 saturated carbocycles. The fourth-order valence-corrected chi connectivity index (χ4v) is 7.13. The van der Waals surface area contributed by atoms with E-state index in [-0.39, 0.29) is 33.3 Å². The van der Waals surface area contributed by atoms with Crippen molar-refractivity contribution in [2.45, 2.75) is 42.2 Å². The molecule has 36 heavy (non-hydrogen) atoms. The minimum Gasteiger partial charge on any atom is -0.399 e. The van der Waals surface area contributed by atoms with Crippen LogP contribution in [0.3, 0.4) is 0 Å². The maximum Gasteiger partial charge on any atom is 0.340 e. The van der Waals surface area contributed by atoms with Gasteiger partial charge >= 0.3 is 10.1 Å². The lowest BCUT2D eigenvalue weighted by Gasteiger charge is -2.26. The van der Waals surface area contributed by atoms with Crippen molar-refractivity contribution >= 4 is 31.5 Å². The van der Waals surface area contributed by atoms with E-state index >= 15 is 0 Å². The van der Waals surface area contributed by atoms with Crippen molar-refractivity contribution in [1.82, 2.24) is 9.78 Å². The number of aromatic nitrogens is 2. The summed E-state index contributed by atoms with van der Waals surface area (Å²) in [5.74, 6) is -1.21. The van der Waals surface area contributed by atoms with Crippen molar-refractivity contribution in [3.8, 4) is 5.88 Å². The van der Waals surface area contributed by atoms with E-state index in [1.807, 2.05) is 6.92 Å². The number of aryl methyl sites for hydroxylation is 4. The van der Waals surface area contributed by atoms with Gasteiger partial charge in [-0.25, -0.2) is 13.1 Å². The Hall–Kier alpha value is -3.51. The Morgan fingerprint density at radius 3 is 2.42 bits per heavy atom. The molecule has 1 atom stereocenters. The van der Waals surface area contributed by atoms with Gasteiger partial charge in [-0.15, -0.1) is 0 Å². The van der Waals surface area contributed by atoms with Crippen molar-refractivity contribution in [2.75, 3.05) is 7.11 Å². The second-order valence-corrected chi connectivity index (χ2v) is 12.2. The lowest BCUT2D eigenvalue weighted by atomic mass is 9.97. The van der Waals surface area contributed by atoms with Gasteiger partial charge in [-0.2, -0.15) is 13.5 Å². The van der Waals surface area contributed by atoms with Gasteiger partial charge in [0.1, 0.15) is 22.8 Å². The topological polar surface area (TPSA) is 134 Å². The van der Waals surface area contributed by atoms with E-state index in [0.717, 1.165) is 10.2 Å². The largest absolute Gasteiger partial charge is 0.399 e.